The Morgan fingerprint density at radius 1 is 1.30 bits per heavy atom. The molecule has 2 fully saturated rings. The van der Waals surface area contributed by atoms with Gasteiger partial charge in [-0.1, -0.05) is 12.1 Å². The van der Waals surface area contributed by atoms with Crippen molar-refractivity contribution >= 4 is 17.7 Å². The number of morpholine rings is 1. The highest BCUT2D eigenvalue weighted by Crippen LogP contribution is 2.21. The van der Waals surface area contributed by atoms with Crippen molar-refractivity contribution in [2.24, 2.45) is 10.9 Å². The van der Waals surface area contributed by atoms with Crippen molar-refractivity contribution in [3.8, 4) is 0 Å². The number of hydrogen-bond donors (Lipinski definition) is 1. The minimum absolute atomic E-state index is 0.149. The number of halogens is 1. The summed E-state index contributed by atoms with van der Waals surface area (Å²) in [7, 11) is 0. The number of nitrogens with one attached hydrogen (secondary N) is 1. The Labute approximate surface area is 166 Å². The quantitative estimate of drug-likeness (QED) is 0.333. The molecule has 1 aromatic rings. The van der Waals surface area contributed by atoms with Crippen LogP contribution in [0.1, 0.15) is 13.3 Å². The maximum absolute atomic E-state index is 13.7. The second-order valence-corrected chi connectivity index (χ2v) is 8.16. The fourth-order valence-corrected chi connectivity index (χ4v) is 4.40. The lowest BCUT2D eigenvalue weighted by molar-refractivity contribution is 0.0315. The number of rotatable bonds is 7. The zero-order valence-electron chi connectivity index (χ0n) is 16.2. The molecular weight excluding hydrogens is 363 g/mol. The van der Waals surface area contributed by atoms with Gasteiger partial charge >= 0.3 is 0 Å². The summed E-state index contributed by atoms with van der Waals surface area (Å²) >= 11 is 1.53. The molecule has 27 heavy (non-hydrogen) atoms. The van der Waals surface area contributed by atoms with Gasteiger partial charge in [-0.2, -0.15) is 0 Å². The number of guanidine groups is 1. The molecule has 0 spiro atoms. The molecule has 2 aliphatic heterocycles. The molecule has 2 heterocycles. The second-order valence-electron chi connectivity index (χ2n) is 7.03. The number of benzene rings is 1. The first-order valence-corrected chi connectivity index (χ1v) is 11.0. The van der Waals surface area contributed by atoms with Crippen LogP contribution in [0.25, 0.3) is 0 Å². The van der Waals surface area contributed by atoms with Crippen LogP contribution in [-0.4, -0.2) is 80.5 Å². The van der Waals surface area contributed by atoms with Crippen LogP contribution in [0.15, 0.2) is 34.2 Å². The van der Waals surface area contributed by atoms with Crippen molar-refractivity contribution in [1.82, 2.24) is 15.1 Å². The standard InChI is InChI=1S/C20H31FN4OS/c1-2-22-20(23-8-14-27-19-6-4-3-5-18(19)21)25-9-7-17(16-25)15-24-10-12-26-13-11-24/h3-6,17H,2,7-16H2,1H3,(H,22,23). The van der Waals surface area contributed by atoms with E-state index in [-0.39, 0.29) is 5.82 Å². The highest BCUT2D eigenvalue weighted by Gasteiger charge is 2.27. The molecule has 0 amide bonds. The van der Waals surface area contributed by atoms with Crippen LogP contribution in [-0.2, 0) is 4.74 Å². The summed E-state index contributed by atoms with van der Waals surface area (Å²) in [5, 5.41) is 3.42. The van der Waals surface area contributed by atoms with Gasteiger partial charge in [0.05, 0.1) is 19.8 Å². The van der Waals surface area contributed by atoms with Crippen LogP contribution in [0.3, 0.4) is 0 Å². The molecule has 0 aromatic heterocycles. The van der Waals surface area contributed by atoms with Gasteiger partial charge in [0.2, 0.25) is 0 Å². The smallest absolute Gasteiger partial charge is 0.193 e. The highest BCUT2D eigenvalue weighted by atomic mass is 32.2. The van der Waals surface area contributed by atoms with Gasteiger partial charge < -0.3 is 15.0 Å². The van der Waals surface area contributed by atoms with Crippen LogP contribution in [0.2, 0.25) is 0 Å². The summed E-state index contributed by atoms with van der Waals surface area (Å²) in [5.74, 6) is 2.32. The molecule has 0 aliphatic carbocycles. The Morgan fingerprint density at radius 3 is 2.89 bits per heavy atom. The number of hydrogen-bond acceptors (Lipinski definition) is 4. The number of thioether (sulfide) groups is 1. The van der Waals surface area contributed by atoms with Crippen molar-refractivity contribution in [3.63, 3.8) is 0 Å². The average Bonchev–Trinajstić information content (AvgIpc) is 3.15. The van der Waals surface area contributed by atoms with Crippen molar-refractivity contribution in [2.45, 2.75) is 18.2 Å². The Hall–Kier alpha value is -1.31. The van der Waals surface area contributed by atoms with Gasteiger partial charge in [-0.25, -0.2) is 4.39 Å². The Kier molecular flexibility index (Phi) is 8.23. The molecule has 7 heteroatoms. The summed E-state index contributed by atoms with van der Waals surface area (Å²) in [6, 6.07) is 6.93. The van der Waals surface area contributed by atoms with Gasteiger partial charge in [0.1, 0.15) is 5.82 Å². The molecule has 2 aliphatic rings. The Morgan fingerprint density at radius 2 is 2.11 bits per heavy atom. The first kappa shape index (κ1) is 20.4. The summed E-state index contributed by atoms with van der Waals surface area (Å²) in [5.41, 5.74) is 0. The largest absolute Gasteiger partial charge is 0.379 e. The van der Waals surface area contributed by atoms with Crippen molar-refractivity contribution < 1.29 is 9.13 Å². The monoisotopic (exact) mass is 394 g/mol. The van der Waals surface area contributed by atoms with E-state index >= 15 is 0 Å². The van der Waals surface area contributed by atoms with Crippen molar-refractivity contribution in [3.05, 3.63) is 30.1 Å². The lowest BCUT2D eigenvalue weighted by Crippen LogP contribution is -2.42. The number of nitrogens with zero attached hydrogens (tertiary/aromatic N) is 3. The zero-order valence-corrected chi connectivity index (χ0v) is 17.0. The summed E-state index contributed by atoms with van der Waals surface area (Å²) < 4.78 is 19.1. The van der Waals surface area contributed by atoms with Crippen LogP contribution < -0.4 is 5.32 Å². The topological polar surface area (TPSA) is 40.1 Å². The molecule has 1 N–H and O–H groups in total. The molecule has 150 valence electrons. The third kappa shape index (κ3) is 6.36. The first-order valence-electron chi connectivity index (χ1n) is 9.97. The molecule has 3 rings (SSSR count). The van der Waals surface area contributed by atoms with Crippen molar-refractivity contribution in [2.75, 3.05) is 64.8 Å². The van der Waals surface area contributed by atoms with Crippen LogP contribution in [0.4, 0.5) is 4.39 Å². The van der Waals surface area contributed by atoms with Crippen LogP contribution in [0.5, 0.6) is 0 Å². The van der Waals surface area contributed by atoms with Gasteiger partial charge in [-0.15, -0.1) is 11.8 Å². The van der Waals surface area contributed by atoms with E-state index in [1.165, 1.54) is 24.2 Å². The fourth-order valence-electron chi connectivity index (χ4n) is 3.62. The molecule has 2 saturated heterocycles. The Bertz CT molecular complexity index is 609. The number of aliphatic imine (C=N–C) groups is 1. The van der Waals surface area contributed by atoms with E-state index in [1.807, 2.05) is 12.1 Å². The van der Waals surface area contributed by atoms with Gasteiger partial charge in [0.25, 0.3) is 0 Å². The summed E-state index contributed by atoms with van der Waals surface area (Å²) in [6.07, 6.45) is 1.21. The first-order chi connectivity index (χ1) is 13.3. The normalized spacial score (nSPS) is 21.6. The zero-order chi connectivity index (χ0) is 18.9. The van der Waals surface area contributed by atoms with Gasteiger partial charge in [-0.05, 0) is 31.4 Å². The maximum atomic E-state index is 13.7. The van der Waals surface area contributed by atoms with E-state index < -0.39 is 0 Å². The third-order valence-corrected chi connectivity index (χ3v) is 6.02. The van der Waals surface area contributed by atoms with Gasteiger partial charge in [0, 0.05) is 49.9 Å². The SMILES string of the molecule is CCNC(=NCCSc1ccccc1F)N1CCC(CN2CCOCC2)C1. The molecule has 0 radical (unpaired) electrons. The molecule has 1 atom stereocenters. The molecule has 0 saturated carbocycles. The lowest BCUT2D eigenvalue weighted by Gasteiger charge is -2.29. The molecule has 0 bridgehead atoms. The highest BCUT2D eigenvalue weighted by molar-refractivity contribution is 7.99. The third-order valence-electron chi connectivity index (χ3n) is 4.99. The van der Waals surface area contributed by atoms with Crippen LogP contribution >= 0.6 is 11.8 Å². The number of likely N-dealkylation sites (tertiary alicyclic amines) is 1. The van der Waals surface area contributed by atoms with Gasteiger partial charge in [0.15, 0.2) is 5.96 Å². The maximum Gasteiger partial charge on any atom is 0.193 e. The summed E-state index contributed by atoms with van der Waals surface area (Å²) in [4.78, 5) is 10.4. The molecule has 1 unspecified atom stereocenters. The van der Waals surface area contributed by atoms with Crippen LogP contribution in [0, 0.1) is 11.7 Å². The summed E-state index contributed by atoms with van der Waals surface area (Å²) in [6.45, 7) is 10.8. The predicted octanol–water partition coefficient (Wildman–Crippen LogP) is 2.54. The molecular formula is C20H31FN4OS. The average molecular weight is 395 g/mol. The fraction of sp³-hybridized carbons (Fsp3) is 0.650. The molecule has 5 nitrogen and oxygen atoms in total. The van der Waals surface area contributed by atoms with E-state index in [4.69, 9.17) is 9.73 Å². The number of ether oxygens (including phenoxy) is 1. The lowest BCUT2D eigenvalue weighted by atomic mass is 10.1. The van der Waals surface area contributed by atoms with E-state index in [2.05, 4.69) is 22.0 Å². The Balaban J connectivity index is 1.46. The minimum atomic E-state index is -0.149. The minimum Gasteiger partial charge on any atom is -0.379 e. The van der Waals surface area contributed by atoms with E-state index in [1.54, 1.807) is 6.07 Å². The molecule has 1 aromatic carbocycles. The second kappa shape index (κ2) is 10.9. The van der Waals surface area contributed by atoms with Crippen molar-refractivity contribution in [1.29, 1.82) is 0 Å². The van der Waals surface area contributed by atoms with E-state index in [0.29, 0.717) is 17.4 Å². The van der Waals surface area contributed by atoms with E-state index in [0.717, 1.165) is 64.2 Å². The predicted molar refractivity (Wildman–Crippen MR) is 110 cm³/mol. The van der Waals surface area contributed by atoms with E-state index in [9.17, 15) is 4.39 Å². The van der Waals surface area contributed by atoms with Gasteiger partial charge in [-0.3, -0.25) is 9.89 Å².